The Morgan fingerprint density at radius 3 is 2.93 bits per heavy atom. The molecule has 1 atom stereocenters. The second-order valence-electron chi connectivity index (χ2n) is 6.31. The molecular formula is C20H19N5OS. The van der Waals surface area contributed by atoms with Crippen LogP contribution < -0.4 is 5.32 Å². The number of hydrogen-bond donors (Lipinski definition) is 1. The Morgan fingerprint density at radius 2 is 2.11 bits per heavy atom. The molecule has 1 aliphatic rings. The normalized spacial score (nSPS) is 15.8. The second-order valence-corrected chi connectivity index (χ2v) is 7.30. The first-order chi connectivity index (χ1) is 13.3. The third kappa shape index (κ3) is 4.31. The van der Waals surface area contributed by atoms with Gasteiger partial charge in [-0.05, 0) is 43.5 Å². The number of aromatic nitrogens is 4. The smallest absolute Gasteiger partial charge is 0.230 e. The van der Waals surface area contributed by atoms with Gasteiger partial charge in [0.05, 0.1) is 16.8 Å². The fraction of sp³-hybridized carbons (Fsp3) is 0.250. The molecule has 1 amide bonds. The van der Waals surface area contributed by atoms with Gasteiger partial charge in [0.25, 0.3) is 0 Å². The van der Waals surface area contributed by atoms with Gasteiger partial charge in [-0.3, -0.25) is 9.78 Å². The lowest BCUT2D eigenvalue weighted by Gasteiger charge is -2.25. The predicted octanol–water partition coefficient (Wildman–Crippen LogP) is 3.22. The van der Waals surface area contributed by atoms with E-state index >= 15 is 0 Å². The van der Waals surface area contributed by atoms with E-state index in [4.69, 9.17) is 4.98 Å². The summed E-state index contributed by atoms with van der Waals surface area (Å²) in [6.45, 7) is 0. The topological polar surface area (TPSA) is 80.7 Å². The fourth-order valence-corrected chi connectivity index (χ4v) is 3.81. The maximum absolute atomic E-state index is 12.4. The Kier molecular flexibility index (Phi) is 5.39. The summed E-state index contributed by atoms with van der Waals surface area (Å²) >= 11 is 1.44. The molecule has 136 valence electrons. The number of hydrogen-bond acceptors (Lipinski definition) is 6. The van der Waals surface area contributed by atoms with E-state index in [1.165, 1.54) is 11.8 Å². The molecule has 0 aliphatic heterocycles. The molecule has 0 aromatic carbocycles. The van der Waals surface area contributed by atoms with Crippen molar-refractivity contribution in [1.29, 1.82) is 0 Å². The number of thioether (sulfide) groups is 1. The van der Waals surface area contributed by atoms with E-state index in [1.807, 2.05) is 36.5 Å². The minimum atomic E-state index is -0.0338. The monoisotopic (exact) mass is 377 g/mol. The van der Waals surface area contributed by atoms with Gasteiger partial charge >= 0.3 is 0 Å². The van der Waals surface area contributed by atoms with Crippen LogP contribution in [0.5, 0.6) is 0 Å². The van der Waals surface area contributed by atoms with Crippen LogP contribution in [0, 0.1) is 0 Å². The zero-order valence-corrected chi connectivity index (χ0v) is 15.5. The van der Waals surface area contributed by atoms with Gasteiger partial charge < -0.3 is 5.32 Å². The molecule has 0 saturated carbocycles. The summed E-state index contributed by atoms with van der Waals surface area (Å²) in [6, 6.07) is 9.48. The molecule has 3 heterocycles. The molecule has 6 nitrogen and oxygen atoms in total. The van der Waals surface area contributed by atoms with Gasteiger partial charge in [-0.1, -0.05) is 17.8 Å². The molecule has 0 bridgehead atoms. The number of fused-ring (bicyclic) bond motifs is 1. The molecule has 4 rings (SSSR count). The SMILES string of the molecule is O=C(CSc1ccccn1)NC1CCCc2nc(-c3cccnc3)ncc21. The Bertz CT molecular complexity index is 920. The van der Waals surface area contributed by atoms with Gasteiger partial charge in [-0.2, -0.15) is 0 Å². The lowest BCUT2D eigenvalue weighted by molar-refractivity contribution is -0.119. The van der Waals surface area contributed by atoms with Crippen LogP contribution in [0.25, 0.3) is 11.4 Å². The van der Waals surface area contributed by atoms with Gasteiger partial charge in [0.1, 0.15) is 0 Å². The molecule has 7 heteroatoms. The van der Waals surface area contributed by atoms with Crippen LogP contribution in [0.3, 0.4) is 0 Å². The third-order valence-electron chi connectivity index (χ3n) is 4.43. The number of amides is 1. The summed E-state index contributed by atoms with van der Waals surface area (Å²) in [7, 11) is 0. The summed E-state index contributed by atoms with van der Waals surface area (Å²) in [5.74, 6) is 1.02. The van der Waals surface area contributed by atoms with E-state index in [0.717, 1.165) is 41.1 Å². The molecule has 3 aromatic heterocycles. The molecule has 0 saturated heterocycles. The highest BCUT2D eigenvalue weighted by atomic mass is 32.2. The van der Waals surface area contributed by atoms with Crippen molar-refractivity contribution in [2.45, 2.75) is 30.3 Å². The van der Waals surface area contributed by atoms with E-state index in [9.17, 15) is 4.79 Å². The van der Waals surface area contributed by atoms with Crippen LogP contribution in [0.4, 0.5) is 0 Å². The number of aryl methyl sites for hydroxylation is 1. The van der Waals surface area contributed by atoms with Gasteiger partial charge in [0.15, 0.2) is 5.82 Å². The number of pyridine rings is 2. The molecule has 27 heavy (non-hydrogen) atoms. The van der Waals surface area contributed by atoms with Crippen LogP contribution >= 0.6 is 11.8 Å². The van der Waals surface area contributed by atoms with Crippen molar-refractivity contribution in [3.8, 4) is 11.4 Å². The first-order valence-electron chi connectivity index (χ1n) is 8.89. The van der Waals surface area contributed by atoms with Crippen LogP contribution in [0.15, 0.2) is 60.1 Å². The van der Waals surface area contributed by atoms with Crippen LogP contribution in [-0.2, 0) is 11.2 Å². The molecule has 1 N–H and O–H groups in total. The van der Waals surface area contributed by atoms with Crippen molar-refractivity contribution in [3.63, 3.8) is 0 Å². The number of carbonyl (C=O) groups is 1. The van der Waals surface area contributed by atoms with E-state index < -0.39 is 0 Å². The summed E-state index contributed by atoms with van der Waals surface area (Å²) in [6.07, 6.45) is 9.88. The average molecular weight is 377 g/mol. The van der Waals surface area contributed by atoms with Crippen molar-refractivity contribution in [1.82, 2.24) is 25.3 Å². The quantitative estimate of drug-likeness (QED) is 0.688. The summed E-state index contributed by atoms with van der Waals surface area (Å²) in [5, 5.41) is 3.97. The maximum atomic E-state index is 12.4. The first-order valence-corrected chi connectivity index (χ1v) is 9.87. The van der Waals surface area contributed by atoms with Crippen molar-refractivity contribution < 1.29 is 4.79 Å². The van der Waals surface area contributed by atoms with E-state index in [-0.39, 0.29) is 11.9 Å². The average Bonchev–Trinajstić information content (AvgIpc) is 2.73. The zero-order valence-electron chi connectivity index (χ0n) is 14.7. The standard InChI is InChI=1S/C20H19N5OS/c26-18(13-27-19-8-1-2-10-22-19)24-16-6-3-7-17-15(16)12-23-20(25-17)14-5-4-9-21-11-14/h1-2,4-5,8-12,16H,3,6-7,13H2,(H,24,26). The molecular weight excluding hydrogens is 358 g/mol. The van der Waals surface area contributed by atoms with E-state index in [0.29, 0.717) is 11.6 Å². The molecule has 3 aromatic rings. The number of nitrogens with zero attached hydrogens (tertiary/aromatic N) is 4. The van der Waals surface area contributed by atoms with Crippen molar-refractivity contribution >= 4 is 17.7 Å². The minimum absolute atomic E-state index is 0.000149. The third-order valence-corrected chi connectivity index (χ3v) is 5.37. The van der Waals surface area contributed by atoms with Crippen LogP contribution in [0.2, 0.25) is 0 Å². The summed E-state index contributed by atoms with van der Waals surface area (Å²) < 4.78 is 0. The van der Waals surface area contributed by atoms with Gasteiger partial charge in [0, 0.05) is 41.6 Å². The Balaban J connectivity index is 1.44. The maximum Gasteiger partial charge on any atom is 0.230 e. The highest BCUT2D eigenvalue weighted by molar-refractivity contribution is 7.99. The van der Waals surface area contributed by atoms with E-state index in [1.54, 1.807) is 18.6 Å². The number of rotatable bonds is 5. The van der Waals surface area contributed by atoms with Crippen LogP contribution in [-0.4, -0.2) is 31.6 Å². The fourth-order valence-electron chi connectivity index (χ4n) is 3.14. The van der Waals surface area contributed by atoms with Gasteiger partial charge in [-0.15, -0.1) is 0 Å². The van der Waals surface area contributed by atoms with Crippen molar-refractivity contribution in [2.24, 2.45) is 0 Å². The Morgan fingerprint density at radius 1 is 1.15 bits per heavy atom. The Hall–Kier alpha value is -2.80. The lowest BCUT2D eigenvalue weighted by atomic mass is 9.92. The van der Waals surface area contributed by atoms with E-state index in [2.05, 4.69) is 20.3 Å². The predicted molar refractivity (Wildman–Crippen MR) is 104 cm³/mol. The first kappa shape index (κ1) is 17.6. The zero-order chi connectivity index (χ0) is 18.5. The molecule has 1 aliphatic carbocycles. The second kappa shape index (κ2) is 8.26. The minimum Gasteiger partial charge on any atom is -0.348 e. The molecule has 1 unspecified atom stereocenters. The van der Waals surface area contributed by atoms with Crippen molar-refractivity contribution in [2.75, 3.05) is 5.75 Å². The molecule has 0 fully saturated rings. The van der Waals surface area contributed by atoms with Gasteiger partial charge in [0.2, 0.25) is 5.91 Å². The Labute approximate surface area is 161 Å². The molecule has 0 radical (unpaired) electrons. The highest BCUT2D eigenvalue weighted by Gasteiger charge is 2.24. The van der Waals surface area contributed by atoms with Crippen LogP contribution in [0.1, 0.15) is 30.1 Å². The number of carbonyl (C=O) groups excluding carboxylic acids is 1. The summed E-state index contributed by atoms with van der Waals surface area (Å²) in [4.78, 5) is 29.9. The van der Waals surface area contributed by atoms with Gasteiger partial charge in [-0.25, -0.2) is 15.0 Å². The number of nitrogens with one attached hydrogen (secondary N) is 1. The summed E-state index contributed by atoms with van der Waals surface area (Å²) in [5.41, 5.74) is 2.93. The molecule has 0 spiro atoms. The highest BCUT2D eigenvalue weighted by Crippen LogP contribution is 2.29. The lowest BCUT2D eigenvalue weighted by Crippen LogP contribution is -2.32. The van der Waals surface area contributed by atoms with Crippen molar-refractivity contribution in [3.05, 3.63) is 66.4 Å². The largest absolute Gasteiger partial charge is 0.348 e.